The number of esters is 1. The van der Waals surface area contributed by atoms with Gasteiger partial charge in [-0.1, -0.05) is 30.3 Å². The van der Waals surface area contributed by atoms with E-state index in [-0.39, 0.29) is 31.0 Å². The standard InChI is InChI=1S/C32H41N3O5S/c1-5-34(6-2)23-15-13-22(14-16-23)33-28(37)27-32-18-17-31(4,41-32)26(30(39)40-7-3)25(32)29(38)35(27)24(20-36)19-21-11-9-8-10-12-21/h8-16,24-27,36H,5-7,17-20H2,1-4H3,(H,33,37)/t24-,25+,26-,27?,31+,32?/m1/s1. The summed E-state index contributed by atoms with van der Waals surface area (Å²) >= 11 is 1.60. The van der Waals surface area contributed by atoms with Crippen LogP contribution in [0.25, 0.3) is 0 Å². The third kappa shape index (κ3) is 5.01. The first kappa shape index (κ1) is 29.5. The van der Waals surface area contributed by atoms with Crippen LogP contribution in [0.4, 0.5) is 11.4 Å². The van der Waals surface area contributed by atoms with Gasteiger partial charge in [0.2, 0.25) is 11.8 Å². The second-order valence-electron chi connectivity index (χ2n) is 11.5. The van der Waals surface area contributed by atoms with Gasteiger partial charge in [-0.25, -0.2) is 0 Å². The number of aliphatic hydroxyl groups is 1. The van der Waals surface area contributed by atoms with E-state index in [1.165, 1.54) is 0 Å². The van der Waals surface area contributed by atoms with Gasteiger partial charge in [-0.05, 0) is 76.8 Å². The van der Waals surface area contributed by atoms with Gasteiger partial charge in [0.25, 0.3) is 0 Å². The molecule has 5 rings (SSSR count). The molecular weight excluding hydrogens is 538 g/mol. The molecule has 0 aliphatic carbocycles. The number of likely N-dealkylation sites (tertiary alicyclic amines) is 1. The SMILES string of the molecule is CCOC(=O)[C@H]1[C@H]2C(=O)N([C@@H](CO)Cc3ccccc3)C(C(=O)Nc3ccc(N(CC)CC)cc3)C23CC[C@]1(C)S3. The molecule has 3 saturated heterocycles. The molecule has 2 aromatic rings. The molecule has 1 spiro atoms. The predicted molar refractivity (Wildman–Crippen MR) is 162 cm³/mol. The number of fused-ring (bicyclic) bond motifs is 1. The van der Waals surface area contributed by atoms with Crippen LogP contribution in [0.1, 0.15) is 46.1 Å². The molecule has 3 fully saturated rings. The Kier molecular flexibility index (Phi) is 8.39. The quantitative estimate of drug-likeness (QED) is 0.387. The van der Waals surface area contributed by atoms with Gasteiger partial charge in [0, 0.05) is 29.2 Å². The fourth-order valence-corrected chi connectivity index (χ4v) is 9.67. The highest BCUT2D eigenvalue weighted by Gasteiger charge is 2.78. The molecular formula is C32H41N3O5S. The molecule has 3 heterocycles. The molecule has 2 N–H and O–H groups in total. The van der Waals surface area contributed by atoms with Gasteiger partial charge in [-0.3, -0.25) is 14.4 Å². The molecule has 2 amide bonds. The Morgan fingerprint density at radius 3 is 2.39 bits per heavy atom. The summed E-state index contributed by atoms with van der Waals surface area (Å²) in [6.45, 7) is 9.70. The number of benzene rings is 2. The van der Waals surface area contributed by atoms with Crippen molar-refractivity contribution in [3.05, 3.63) is 60.2 Å². The summed E-state index contributed by atoms with van der Waals surface area (Å²) in [6.07, 6.45) is 1.75. The predicted octanol–water partition coefficient (Wildman–Crippen LogP) is 4.12. The summed E-state index contributed by atoms with van der Waals surface area (Å²) in [5.41, 5.74) is 2.68. The summed E-state index contributed by atoms with van der Waals surface area (Å²) in [6, 6.07) is 16.0. The molecule has 3 aliphatic heterocycles. The number of thioether (sulfide) groups is 1. The first-order chi connectivity index (χ1) is 19.7. The number of amides is 2. The van der Waals surface area contributed by atoms with Gasteiger partial charge in [0.15, 0.2) is 0 Å². The minimum atomic E-state index is -0.838. The zero-order valence-corrected chi connectivity index (χ0v) is 25.2. The summed E-state index contributed by atoms with van der Waals surface area (Å²) in [5.74, 6) is -2.23. The van der Waals surface area contributed by atoms with E-state index in [2.05, 4.69) is 24.1 Å². The van der Waals surface area contributed by atoms with Crippen LogP contribution in [0.3, 0.4) is 0 Å². The highest BCUT2D eigenvalue weighted by Crippen LogP contribution is 2.71. The summed E-state index contributed by atoms with van der Waals surface area (Å²) in [7, 11) is 0. The van der Waals surface area contributed by atoms with Gasteiger partial charge < -0.3 is 25.0 Å². The first-order valence-corrected chi connectivity index (χ1v) is 15.5. The van der Waals surface area contributed by atoms with E-state index in [4.69, 9.17) is 4.74 Å². The Labute approximate surface area is 246 Å². The normalized spacial score (nSPS) is 28.9. The first-order valence-electron chi connectivity index (χ1n) is 14.7. The van der Waals surface area contributed by atoms with Crippen LogP contribution in [0, 0.1) is 11.8 Å². The van der Waals surface area contributed by atoms with Crippen molar-refractivity contribution in [3.8, 4) is 0 Å². The van der Waals surface area contributed by atoms with E-state index in [0.717, 1.165) is 24.3 Å². The fraction of sp³-hybridized carbons (Fsp3) is 0.531. The Morgan fingerprint density at radius 2 is 1.78 bits per heavy atom. The highest BCUT2D eigenvalue weighted by molar-refractivity contribution is 8.02. The zero-order valence-electron chi connectivity index (χ0n) is 24.3. The number of hydrogen-bond acceptors (Lipinski definition) is 7. The molecule has 8 nitrogen and oxygen atoms in total. The van der Waals surface area contributed by atoms with E-state index in [1.54, 1.807) is 23.6 Å². The topological polar surface area (TPSA) is 99.2 Å². The molecule has 0 aromatic heterocycles. The number of carbonyl (C=O) groups excluding carboxylic acids is 3. The van der Waals surface area contributed by atoms with Gasteiger partial charge >= 0.3 is 5.97 Å². The summed E-state index contributed by atoms with van der Waals surface area (Å²) in [5, 5.41) is 13.7. The lowest BCUT2D eigenvalue weighted by atomic mass is 9.66. The maximum Gasteiger partial charge on any atom is 0.311 e. The van der Waals surface area contributed by atoms with Crippen molar-refractivity contribution in [1.29, 1.82) is 0 Å². The number of carbonyl (C=O) groups is 3. The third-order valence-corrected chi connectivity index (χ3v) is 11.2. The maximum absolute atomic E-state index is 14.4. The third-order valence-electron chi connectivity index (χ3n) is 9.19. The molecule has 0 radical (unpaired) electrons. The molecule has 220 valence electrons. The molecule has 2 unspecified atom stereocenters. The molecule has 6 atom stereocenters. The largest absolute Gasteiger partial charge is 0.466 e. The molecule has 3 aliphatic rings. The Balaban J connectivity index is 1.52. The lowest BCUT2D eigenvalue weighted by Crippen LogP contribution is -2.55. The number of ether oxygens (including phenoxy) is 1. The van der Waals surface area contributed by atoms with Crippen LogP contribution in [0.15, 0.2) is 54.6 Å². The Bertz CT molecular complexity index is 1270. The van der Waals surface area contributed by atoms with Crippen molar-refractivity contribution < 1.29 is 24.2 Å². The van der Waals surface area contributed by atoms with E-state index < -0.39 is 33.4 Å². The molecule has 2 bridgehead atoms. The second kappa shape index (κ2) is 11.7. The minimum Gasteiger partial charge on any atom is -0.466 e. The smallest absolute Gasteiger partial charge is 0.311 e. The van der Waals surface area contributed by atoms with Crippen LogP contribution in [-0.2, 0) is 25.5 Å². The van der Waals surface area contributed by atoms with E-state index >= 15 is 0 Å². The fourth-order valence-electron chi connectivity index (χ4n) is 7.34. The maximum atomic E-state index is 14.4. The molecule has 0 saturated carbocycles. The summed E-state index contributed by atoms with van der Waals surface area (Å²) < 4.78 is 4.21. The van der Waals surface area contributed by atoms with E-state index in [0.29, 0.717) is 24.9 Å². The highest BCUT2D eigenvalue weighted by atomic mass is 32.2. The average Bonchev–Trinajstić information content (AvgIpc) is 3.54. The van der Waals surface area contributed by atoms with Crippen molar-refractivity contribution in [2.24, 2.45) is 11.8 Å². The van der Waals surface area contributed by atoms with Crippen molar-refractivity contribution in [1.82, 2.24) is 4.90 Å². The molecule has 41 heavy (non-hydrogen) atoms. The number of rotatable bonds is 11. The molecule has 9 heteroatoms. The monoisotopic (exact) mass is 579 g/mol. The lowest BCUT2D eigenvalue weighted by Gasteiger charge is -2.37. The van der Waals surface area contributed by atoms with E-state index in [1.807, 2.05) is 61.5 Å². The number of aliphatic hydroxyl groups excluding tert-OH is 1. The van der Waals surface area contributed by atoms with Gasteiger partial charge in [-0.2, -0.15) is 0 Å². The number of nitrogens with one attached hydrogen (secondary N) is 1. The van der Waals surface area contributed by atoms with Crippen molar-refractivity contribution in [3.63, 3.8) is 0 Å². The zero-order chi connectivity index (χ0) is 29.4. The van der Waals surface area contributed by atoms with Crippen LogP contribution >= 0.6 is 11.8 Å². The lowest BCUT2D eigenvalue weighted by molar-refractivity contribution is -0.155. The van der Waals surface area contributed by atoms with Crippen molar-refractivity contribution in [2.45, 2.75) is 68.5 Å². The van der Waals surface area contributed by atoms with Gasteiger partial charge in [-0.15, -0.1) is 11.8 Å². The Morgan fingerprint density at radius 1 is 1.10 bits per heavy atom. The minimum absolute atomic E-state index is 0.231. The van der Waals surface area contributed by atoms with Crippen LogP contribution < -0.4 is 10.2 Å². The number of anilines is 2. The van der Waals surface area contributed by atoms with Crippen LogP contribution in [-0.4, -0.2) is 75.7 Å². The van der Waals surface area contributed by atoms with E-state index in [9.17, 15) is 19.5 Å². The average molecular weight is 580 g/mol. The van der Waals surface area contributed by atoms with Gasteiger partial charge in [0.1, 0.15) is 6.04 Å². The van der Waals surface area contributed by atoms with Crippen LogP contribution in [0.2, 0.25) is 0 Å². The summed E-state index contributed by atoms with van der Waals surface area (Å²) in [4.78, 5) is 45.8. The number of hydrogen-bond donors (Lipinski definition) is 2. The van der Waals surface area contributed by atoms with Crippen molar-refractivity contribution >= 4 is 40.9 Å². The Hall–Kier alpha value is -3.04. The van der Waals surface area contributed by atoms with Crippen molar-refractivity contribution in [2.75, 3.05) is 36.5 Å². The van der Waals surface area contributed by atoms with Gasteiger partial charge in [0.05, 0.1) is 35.8 Å². The second-order valence-corrected chi connectivity index (χ2v) is 13.4. The number of nitrogens with zero attached hydrogens (tertiary/aromatic N) is 2. The van der Waals surface area contributed by atoms with Crippen LogP contribution in [0.5, 0.6) is 0 Å². The molecule has 2 aromatic carbocycles.